The van der Waals surface area contributed by atoms with Gasteiger partial charge in [0.2, 0.25) is 0 Å². The molecule has 0 unspecified atom stereocenters. The van der Waals surface area contributed by atoms with Gasteiger partial charge in [-0.15, -0.1) is 0 Å². The molecule has 0 bridgehead atoms. The largest absolute Gasteiger partial charge is 0.493 e. The number of halogens is 4. The van der Waals surface area contributed by atoms with Crippen molar-refractivity contribution in [1.29, 1.82) is 0 Å². The molecule has 0 aromatic heterocycles. The molecule has 0 saturated heterocycles. The van der Waals surface area contributed by atoms with Crippen LogP contribution in [0.5, 0.6) is 23.0 Å². The summed E-state index contributed by atoms with van der Waals surface area (Å²) in [5, 5.41) is 1.79. The molecule has 0 amide bonds. The van der Waals surface area contributed by atoms with Crippen molar-refractivity contribution in [3.63, 3.8) is 0 Å². The topological polar surface area (TPSA) is 63.2 Å². The van der Waals surface area contributed by atoms with E-state index in [-0.39, 0.29) is 29.3 Å². The van der Waals surface area contributed by atoms with Crippen LogP contribution in [0.15, 0.2) is 60.7 Å². The molecule has 10 heteroatoms. The third kappa shape index (κ3) is 10.8. The second-order valence-corrected chi connectivity index (χ2v) is 11.8. The maximum atomic E-state index is 14.2. The summed E-state index contributed by atoms with van der Waals surface area (Å²) in [4.78, 5) is 15.9. The lowest BCUT2D eigenvalue weighted by Gasteiger charge is -2.19. The Morgan fingerprint density at radius 2 is 1.24 bits per heavy atom. The van der Waals surface area contributed by atoms with Gasteiger partial charge >= 0.3 is 5.97 Å². The van der Waals surface area contributed by atoms with E-state index in [2.05, 4.69) is 4.94 Å². The Kier molecular flexibility index (Phi) is 16.2. The van der Waals surface area contributed by atoms with Gasteiger partial charge in [0.25, 0.3) is 0 Å². The summed E-state index contributed by atoms with van der Waals surface area (Å²) in [6.45, 7) is 11.9. The lowest BCUT2D eigenvalue weighted by molar-refractivity contribution is -0.150. The highest BCUT2D eigenvalue weighted by molar-refractivity contribution is 5.87. The van der Waals surface area contributed by atoms with Crippen molar-refractivity contribution in [2.75, 3.05) is 19.8 Å². The molecule has 4 rings (SSSR count). The molecule has 0 radical (unpaired) electrons. The van der Waals surface area contributed by atoms with Crippen LogP contribution >= 0.6 is 0 Å². The van der Waals surface area contributed by atoms with Gasteiger partial charge in [0.05, 0.1) is 36.9 Å². The molecule has 0 aliphatic heterocycles. The number of rotatable bonds is 17. The van der Waals surface area contributed by atoms with Crippen molar-refractivity contribution >= 4 is 16.7 Å². The molecule has 0 N–H and O–H groups in total. The first-order valence-corrected chi connectivity index (χ1v) is 17.3. The lowest BCUT2D eigenvalue weighted by atomic mass is 9.97. The number of benzene rings is 4. The molecule has 0 heterocycles. The number of hydrogen-bond acceptors (Lipinski definition) is 6. The van der Waals surface area contributed by atoms with E-state index in [9.17, 15) is 22.5 Å². The molecule has 272 valence electrons. The van der Waals surface area contributed by atoms with Gasteiger partial charge in [-0.05, 0) is 85.2 Å². The number of hydrogen-bond donors (Lipinski definition) is 0. The van der Waals surface area contributed by atoms with E-state index >= 15 is 0 Å². The van der Waals surface area contributed by atoms with Gasteiger partial charge in [-0.2, -0.15) is 0 Å². The van der Waals surface area contributed by atoms with Crippen LogP contribution in [0, 0.1) is 11.6 Å². The zero-order chi connectivity index (χ0) is 36.6. The number of ether oxygens (including phenoxy) is 4. The Hall–Kier alpha value is -4.47. The van der Waals surface area contributed by atoms with E-state index in [4.69, 9.17) is 18.9 Å². The maximum Gasteiger partial charge on any atom is 0.313 e. The van der Waals surface area contributed by atoms with Gasteiger partial charge in [0, 0.05) is 16.7 Å². The predicted molar refractivity (Wildman–Crippen MR) is 189 cm³/mol. The molecule has 4 aromatic carbocycles. The summed E-state index contributed by atoms with van der Waals surface area (Å²) in [6, 6.07) is 16.2. The van der Waals surface area contributed by atoms with E-state index < -0.39 is 23.9 Å². The van der Waals surface area contributed by atoms with E-state index in [1.165, 1.54) is 0 Å². The van der Waals surface area contributed by atoms with E-state index in [0.717, 1.165) is 60.6 Å². The summed E-state index contributed by atoms with van der Waals surface area (Å²) in [5.41, 5.74) is 0.955. The number of carbonyl (C=O) groups excluding carboxylic acids is 1. The highest BCUT2D eigenvalue weighted by Gasteiger charge is 2.22. The van der Waals surface area contributed by atoms with E-state index in [0.29, 0.717) is 42.6 Å². The van der Waals surface area contributed by atoms with Gasteiger partial charge in [0.1, 0.15) is 41.7 Å². The van der Waals surface area contributed by atoms with E-state index in [1.807, 2.05) is 59.7 Å². The first-order chi connectivity index (χ1) is 24.1. The summed E-state index contributed by atoms with van der Waals surface area (Å²) in [6.07, 6.45) is 3.96. The lowest BCUT2D eigenvalue weighted by Crippen LogP contribution is -2.20. The van der Waals surface area contributed by atoms with Gasteiger partial charge in [-0.25, -0.2) is 13.2 Å². The smallest absolute Gasteiger partial charge is 0.313 e. The highest BCUT2D eigenvalue weighted by atomic mass is 19.3. The number of esters is 1. The summed E-state index contributed by atoms with van der Waals surface area (Å²) < 4.78 is 76.4. The van der Waals surface area contributed by atoms with Crippen molar-refractivity contribution in [3.05, 3.63) is 83.4 Å². The fourth-order valence-electron chi connectivity index (χ4n) is 5.10. The minimum absolute atomic E-state index is 0.0281. The second-order valence-electron chi connectivity index (χ2n) is 11.8. The molecule has 0 fully saturated rings. The SMILES string of the molecule is CCC(CC)OC(=O)[C@@H](C)c1ccc2cc(OF)ccc2c1.CCCOc1cc(OCCC)c(-c2cc(F)c(CF)c(F)c2)c(OCCC)c1. The van der Waals surface area contributed by atoms with Crippen LogP contribution in [0.4, 0.5) is 17.7 Å². The van der Waals surface area contributed by atoms with Gasteiger partial charge < -0.3 is 18.9 Å². The molecule has 1 atom stereocenters. The van der Waals surface area contributed by atoms with Crippen LogP contribution < -0.4 is 19.2 Å². The molecule has 0 aliphatic carbocycles. The zero-order valence-corrected chi connectivity index (χ0v) is 29.8. The number of fused-ring (bicyclic) bond motifs is 1. The molecule has 4 aromatic rings. The van der Waals surface area contributed by atoms with E-state index in [1.54, 1.807) is 30.3 Å². The van der Waals surface area contributed by atoms with Crippen LogP contribution in [0.2, 0.25) is 0 Å². The fourth-order valence-corrected chi connectivity index (χ4v) is 5.10. The summed E-state index contributed by atoms with van der Waals surface area (Å²) >= 11 is 0. The van der Waals surface area contributed by atoms with Crippen LogP contribution in [0.25, 0.3) is 21.9 Å². The molecule has 6 nitrogen and oxygen atoms in total. The highest BCUT2D eigenvalue weighted by Crippen LogP contribution is 2.43. The Morgan fingerprint density at radius 3 is 1.76 bits per heavy atom. The Morgan fingerprint density at radius 1 is 0.700 bits per heavy atom. The normalized spacial score (nSPS) is 11.5. The Bertz CT molecular complexity index is 1620. The first kappa shape index (κ1) is 40.0. The van der Waals surface area contributed by atoms with Gasteiger partial charge in [-0.1, -0.05) is 58.9 Å². The van der Waals surface area contributed by atoms with Crippen LogP contribution in [-0.2, 0) is 16.2 Å². The van der Waals surface area contributed by atoms with Crippen LogP contribution in [-0.4, -0.2) is 31.9 Å². The summed E-state index contributed by atoms with van der Waals surface area (Å²) in [7, 11) is 0. The maximum absolute atomic E-state index is 14.2. The molecule has 0 saturated carbocycles. The molecule has 0 aliphatic rings. The monoisotopic (exact) mass is 700 g/mol. The second kappa shape index (κ2) is 20.3. The predicted octanol–water partition coefficient (Wildman–Crippen LogP) is 11.4. The van der Waals surface area contributed by atoms with Crippen molar-refractivity contribution < 1.29 is 46.4 Å². The number of alkyl halides is 1. The molecule has 0 spiro atoms. The van der Waals surface area contributed by atoms with Crippen molar-refractivity contribution in [3.8, 4) is 34.1 Å². The quantitative estimate of drug-likeness (QED) is 0.0807. The minimum atomic E-state index is -1.21. The standard InChI is InChI=1S/C22H27F3O3.C18H21FO3/c1-4-7-26-16-12-20(27-8-5-2)22(21(13-16)28-9-6-3)15-10-18(24)17(14-23)19(25)11-15;1-4-16(5-2)21-18(20)12(3)13-6-7-15-11-17(22-19)9-8-14(15)10-13/h10-13H,4-9,14H2,1-3H3;6-12,16H,4-5H2,1-3H3/t;12-/m.0/s1. The van der Waals surface area contributed by atoms with Gasteiger partial charge in [-0.3, -0.25) is 9.74 Å². The third-order valence-corrected chi connectivity index (χ3v) is 7.97. The summed E-state index contributed by atoms with van der Waals surface area (Å²) in [5.74, 6) is -0.871. The van der Waals surface area contributed by atoms with Crippen LogP contribution in [0.3, 0.4) is 0 Å². The van der Waals surface area contributed by atoms with Crippen molar-refractivity contribution in [1.82, 2.24) is 0 Å². The Labute approximate surface area is 292 Å². The molecule has 50 heavy (non-hydrogen) atoms. The van der Waals surface area contributed by atoms with Crippen molar-refractivity contribution in [2.45, 2.75) is 92.3 Å². The fraction of sp³-hybridized carbons (Fsp3) is 0.425. The zero-order valence-electron chi connectivity index (χ0n) is 29.8. The van der Waals surface area contributed by atoms with Crippen LogP contribution in [0.1, 0.15) is 90.7 Å². The molecular formula is C40H48F4O6. The Balaban J connectivity index is 0.000000278. The first-order valence-electron chi connectivity index (χ1n) is 17.3. The third-order valence-electron chi connectivity index (χ3n) is 7.97. The van der Waals surface area contributed by atoms with Gasteiger partial charge in [0.15, 0.2) is 5.75 Å². The number of carbonyl (C=O) groups is 1. The minimum Gasteiger partial charge on any atom is -0.493 e. The average Bonchev–Trinajstić information content (AvgIpc) is 3.13. The average molecular weight is 701 g/mol. The van der Waals surface area contributed by atoms with Crippen molar-refractivity contribution in [2.24, 2.45) is 0 Å². The molecular weight excluding hydrogens is 652 g/mol.